The molecule has 1 amide bonds. The van der Waals surface area contributed by atoms with Gasteiger partial charge in [-0.2, -0.15) is 0 Å². The third-order valence-corrected chi connectivity index (χ3v) is 2.81. The van der Waals surface area contributed by atoms with Crippen molar-refractivity contribution < 1.29 is 14.3 Å². The highest BCUT2D eigenvalue weighted by Crippen LogP contribution is 2.12. The van der Waals surface area contributed by atoms with Gasteiger partial charge in [-0.05, 0) is 12.8 Å². The summed E-state index contributed by atoms with van der Waals surface area (Å²) in [7, 11) is 0. The average Bonchev–Trinajstić information content (AvgIpc) is 2.74. The second-order valence-electron chi connectivity index (χ2n) is 4.87. The van der Waals surface area contributed by atoms with Crippen LogP contribution < -0.4 is 11.1 Å². The SMILES string of the molecule is CC(C)NC(CCOCC1CCOC1)C(N)=O. The molecule has 0 saturated carbocycles. The van der Waals surface area contributed by atoms with E-state index in [4.69, 9.17) is 15.2 Å². The first-order valence-corrected chi connectivity index (χ1v) is 6.30. The van der Waals surface area contributed by atoms with Gasteiger partial charge in [0.25, 0.3) is 0 Å². The molecule has 100 valence electrons. The summed E-state index contributed by atoms with van der Waals surface area (Å²) in [6, 6.07) is -0.0504. The molecule has 3 N–H and O–H groups in total. The van der Waals surface area contributed by atoms with Crippen molar-refractivity contribution in [1.29, 1.82) is 0 Å². The van der Waals surface area contributed by atoms with Gasteiger partial charge in [-0.1, -0.05) is 13.8 Å². The lowest BCUT2D eigenvalue weighted by atomic mass is 10.1. The number of nitrogens with two attached hydrogens (primary N) is 1. The molecule has 0 spiro atoms. The number of primary amides is 1. The third kappa shape index (κ3) is 6.00. The second kappa shape index (κ2) is 7.63. The molecule has 1 fully saturated rings. The Morgan fingerprint density at radius 3 is 2.88 bits per heavy atom. The highest BCUT2D eigenvalue weighted by Gasteiger charge is 2.18. The van der Waals surface area contributed by atoms with E-state index in [1.165, 1.54) is 0 Å². The number of nitrogens with one attached hydrogen (secondary N) is 1. The van der Waals surface area contributed by atoms with Gasteiger partial charge in [0.15, 0.2) is 0 Å². The third-order valence-electron chi connectivity index (χ3n) is 2.81. The van der Waals surface area contributed by atoms with Gasteiger partial charge in [0.05, 0.1) is 19.3 Å². The molecule has 1 heterocycles. The van der Waals surface area contributed by atoms with Crippen LogP contribution in [0.25, 0.3) is 0 Å². The van der Waals surface area contributed by atoms with Gasteiger partial charge < -0.3 is 20.5 Å². The molecule has 0 bridgehead atoms. The summed E-state index contributed by atoms with van der Waals surface area (Å²) in [5, 5.41) is 3.13. The Hall–Kier alpha value is -0.650. The van der Waals surface area contributed by atoms with Crippen molar-refractivity contribution >= 4 is 5.91 Å². The molecule has 17 heavy (non-hydrogen) atoms. The number of hydrogen-bond acceptors (Lipinski definition) is 4. The van der Waals surface area contributed by atoms with Crippen LogP contribution in [-0.4, -0.2) is 44.4 Å². The van der Waals surface area contributed by atoms with E-state index in [2.05, 4.69) is 5.32 Å². The predicted molar refractivity (Wildman–Crippen MR) is 65.6 cm³/mol. The van der Waals surface area contributed by atoms with E-state index in [9.17, 15) is 4.79 Å². The van der Waals surface area contributed by atoms with E-state index in [0.29, 0.717) is 25.6 Å². The molecule has 0 radical (unpaired) electrons. The number of amides is 1. The number of carbonyl (C=O) groups is 1. The molecule has 0 aliphatic carbocycles. The molecule has 2 atom stereocenters. The van der Waals surface area contributed by atoms with Gasteiger partial charge in [0, 0.05) is 25.2 Å². The van der Waals surface area contributed by atoms with Crippen molar-refractivity contribution in [2.45, 2.75) is 38.8 Å². The lowest BCUT2D eigenvalue weighted by Gasteiger charge is -2.18. The van der Waals surface area contributed by atoms with Crippen molar-refractivity contribution in [1.82, 2.24) is 5.32 Å². The van der Waals surface area contributed by atoms with E-state index in [-0.39, 0.29) is 18.0 Å². The van der Waals surface area contributed by atoms with Crippen LogP contribution >= 0.6 is 0 Å². The summed E-state index contributed by atoms with van der Waals surface area (Å²) < 4.78 is 10.8. The van der Waals surface area contributed by atoms with Crippen molar-refractivity contribution in [3.8, 4) is 0 Å². The summed E-state index contributed by atoms with van der Waals surface area (Å²) in [5.41, 5.74) is 5.31. The molecule has 0 aromatic carbocycles. The molecular formula is C12H24N2O3. The fourth-order valence-electron chi connectivity index (χ4n) is 1.88. The summed E-state index contributed by atoms with van der Waals surface area (Å²) in [6.07, 6.45) is 1.70. The van der Waals surface area contributed by atoms with Crippen LogP contribution in [0.2, 0.25) is 0 Å². The van der Waals surface area contributed by atoms with Crippen LogP contribution in [0.1, 0.15) is 26.7 Å². The smallest absolute Gasteiger partial charge is 0.234 e. The Balaban J connectivity index is 2.11. The largest absolute Gasteiger partial charge is 0.381 e. The fourth-order valence-corrected chi connectivity index (χ4v) is 1.88. The van der Waals surface area contributed by atoms with E-state index in [0.717, 1.165) is 19.6 Å². The first-order chi connectivity index (χ1) is 8.09. The molecule has 1 aliphatic heterocycles. The summed E-state index contributed by atoms with van der Waals surface area (Å²) in [4.78, 5) is 11.2. The minimum absolute atomic E-state index is 0.246. The van der Waals surface area contributed by atoms with Gasteiger partial charge in [0.1, 0.15) is 0 Å². The van der Waals surface area contributed by atoms with E-state index < -0.39 is 0 Å². The van der Waals surface area contributed by atoms with Crippen molar-refractivity contribution in [3.63, 3.8) is 0 Å². The zero-order valence-corrected chi connectivity index (χ0v) is 10.8. The zero-order valence-electron chi connectivity index (χ0n) is 10.8. The maximum absolute atomic E-state index is 11.2. The normalized spacial score (nSPS) is 21.9. The van der Waals surface area contributed by atoms with Gasteiger partial charge >= 0.3 is 0 Å². The number of rotatable bonds is 8. The number of ether oxygens (including phenoxy) is 2. The van der Waals surface area contributed by atoms with Crippen LogP contribution in [-0.2, 0) is 14.3 Å². The maximum atomic E-state index is 11.2. The molecule has 0 aromatic rings. The van der Waals surface area contributed by atoms with Gasteiger partial charge in [-0.15, -0.1) is 0 Å². The van der Waals surface area contributed by atoms with Crippen molar-refractivity contribution in [2.24, 2.45) is 11.7 Å². The molecule has 1 saturated heterocycles. The van der Waals surface area contributed by atoms with Crippen LogP contribution in [0.15, 0.2) is 0 Å². The molecule has 1 rings (SSSR count). The molecule has 1 aliphatic rings. The first-order valence-electron chi connectivity index (χ1n) is 6.30. The molecular weight excluding hydrogens is 220 g/mol. The van der Waals surface area contributed by atoms with Crippen LogP contribution in [0, 0.1) is 5.92 Å². The second-order valence-corrected chi connectivity index (χ2v) is 4.87. The summed E-state index contributed by atoms with van der Waals surface area (Å²) >= 11 is 0. The van der Waals surface area contributed by atoms with Crippen molar-refractivity contribution in [2.75, 3.05) is 26.4 Å². The van der Waals surface area contributed by atoms with Crippen LogP contribution in [0.5, 0.6) is 0 Å². The fraction of sp³-hybridized carbons (Fsp3) is 0.917. The average molecular weight is 244 g/mol. The summed E-state index contributed by atoms with van der Waals surface area (Å²) in [5.74, 6) is 0.201. The van der Waals surface area contributed by atoms with Crippen LogP contribution in [0.4, 0.5) is 0 Å². The topological polar surface area (TPSA) is 73.6 Å². The Kier molecular flexibility index (Phi) is 6.47. The number of hydrogen-bond donors (Lipinski definition) is 2. The van der Waals surface area contributed by atoms with Crippen molar-refractivity contribution in [3.05, 3.63) is 0 Å². The van der Waals surface area contributed by atoms with E-state index in [1.54, 1.807) is 0 Å². The zero-order chi connectivity index (χ0) is 12.7. The Morgan fingerprint density at radius 2 is 2.35 bits per heavy atom. The molecule has 0 aromatic heterocycles. The Bertz CT molecular complexity index is 228. The van der Waals surface area contributed by atoms with Gasteiger partial charge in [-0.25, -0.2) is 0 Å². The molecule has 5 heteroatoms. The van der Waals surface area contributed by atoms with Crippen LogP contribution in [0.3, 0.4) is 0 Å². The quantitative estimate of drug-likeness (QED) is 0.602. The minimum Gasteiger partial charge on any atom is -0.381 e. The number of carbonyl (C=O) groups excluding carboxylic acids is 1. The minimum atomic E-state index is -0.313. The maximum Gasteiger partial charge on any atom is 0.234 e. The van der Waals surface area contributed by atoms with Gasteiger partial charge in [0.2, 0.25) is 5.91 Å². The molecule has 5 nitrogen and oxygen atoms in total. The first kappa shape index (κ1) is 14.4. The Labute approximate surface area is 103 Å². The highest BCUT2D eigenvalue weighted by atomic mass is 16.5. The lowest BCUT2D eigenvalue weighted by molar-refractivity contribution is -0.120. The lowest BCUT2D eigenvalue weighted by Crippen LogP contribution is -2.45. The Morgan fingerprint density at radius 1 is 1.59 bits per heavy atom. The van der Waals surface area contributed by atoms with Gasteiger partial charge in [-0.3, -0.25) is 4.79 Å². The standard InChI is InChI=1S/C12H24N2O3/c1-9(2)14-11(12(13)15)4-6-17-8-10-3-5-16-7-10/h9-11,14H,3-8H2,1-2H3,(H2,13,15). The monoisotopic (exact) mass is 244 g/mol. The van der Waals surface area contributed by atoms with E-state index >= 15 is 0 Å². The highest BCUT2D eigenvalue weighted by molar-refractivity contribution is 5.79. The van der Waals surface area contributed by atoms with E-state index in [1.807, 2.05) is 13.8 Å². The molecule has 2 unspecified atom stereocenters. The predicted octanol–water partition coefficient (Wildman–Crippen LogP) is 0.282. The summed E-state index contributed by atoms with van der Waals surface area (Å²) in [6.45, 7) is 6.90.